The van der Waals surface area contributed by atoms with Gasteiger partial charge < -0.3 is 5.32 Å². The Kier molecular flexibility index (Phi) is 5.02. The zero-order chi connectivity index (χ0) is 17.0. The van der Waals surface area contributed by atoms with Crippen LogP contribution in [0.2, 0.25) is 19.6 Å². The van der Waals surface area contributed by atoms with Crippen LogP contribution in [0.3, 0.4) is 0 Å². The number of carbonyl (C=O) groups excluding carboxylic acids is 1. The summed E-state index contributed by atoms with van der Waals surface area (Å²) in [6.45, 7) is 12.3. The topological polar surface area (TPSA) is 42.0 Å². The molecule has 1 heterocycles. The van der Waals surface area contributed by atoms with Gasteiger partial charge in [-0.05, 0) is 19.1 Å². The number of amides is 1. The monoisotopic (exact) mass is 322 g/mol. The van der Waals surface area contributed by atoms with E-state index in [9.17, 15) is 4.79 Å². The van der Waals surface area contributed by atoms with E-state index in [0.717, 1.165) is 22.2 Å². The number of benzene rings is 1. The molecule has 0 aliphatic heterocycles. The number of carbonyl (C=O) groups is 1. The Morgan fingerprint density at radius 3 is 2.65 bits per heavy atom. The standard InChI is InChI=1S/C19H22N2OSi/c1-14(2)19(22)20-13-16-12-15-8-6-7-9-17(15)21-18(16)10-11-23(3,4)5/h6-9,12H,1,13H2,2-5H3,(H,20,22). The first-order chi connectivity index (χ1) is 10.8. The van der Waals surface area contributed by atoms with Crippen LogP contribution in [-0.2, 0) is 11.3 Å². The molecule has 2 rings (SSSR count). The average molecular weight is 322 g/mol. The molecule has 23 heavy (non-hydrogen) atoms. The minimum Gasteiger partial charge on any atom is -0.348 e. The maximum absolute atomic E-state index is 11.7. The fraction of sp³-hybridized carbons (Fsp3) is 0.263. The van der Waals surface area contributed by atoms with E-state index in [1.807, 2.05) is 24.3 Å². The molecular formula is C19H22N2OSi. The summed E-state index contributed by atoms with van der Waals surface area (Å²) in [6.07, 6.45) is 0. The van der Waals surface area contributed by atoms with Gasteiger partial charge in [-0.3, -0.25) is 4.79 Å². The number of nitrogens with one attached hydrogen (secondary N) is 1. The molecule has 4 heteroatoms. The molecule has 118 valence electrons. The van der Waals surface area contributed by atoms with E-state index in [4.69, 9.17) is 0 Å². The molecule has 1 amide bonds. The van der Waals surface area contributed by atoms with Crippen LogP contribution in [0.15, 0.2) is 42.5 Å². The maximum atomic E-state index is 11.7. The summed E-state index contributed by atoms with van der Waals surface area (Å²) < 4.78 is 0. The van der Waals surface area contributed by atoms with Gasteiger partial charge in [-0.15, -0.1) is 5.54 Å². The number of nitrogens with zero attached hydrogens (tertiary/aromatic N) is 1. The summed E-state index contributed by atoms with van der Waals surface area (Å²) in [5, 5.41) is 3.91. The minimum atomic E-state index is -1.50. The molecular weight excluding hydrogens is 300 g/mol. The molecule has 0 spiro atoms. The second kappa shape index (κ2) is 6.80. The summed E-state index contributed by atoms with van der Waals surface area (Å²) in [5.41, 5.74) is 6.44. The van der Waals surface area contributed by atoms with Gasteiger partial charge in [0.25, 0.3) is 0 Å². The van der Waals surface area contributed by atoms with Crippen LogP contribution in [0, 0.1) is 11.5 Å². The summed E-state index contributed by atoms with van der Waals surface area (Å²) in [4.78, 5) is 16.4. The van der Waals surface area contributed by atoms with Crippen LogP contribution in [-0.4, -0.2) is 19.0 Å². The van der Waals surface area contributed by atoms with E-state index in [1.54, 1.807) is 6.92 Å². The lowest BCUT2D eigenvalue weighted by Crippen LogP contribution is -2.23. The lowest BCUT2D eigenvalue weighted by atomic mass is 10.1. The predicted octanol–water partition coefficient (Wildman–Crippen LogP) is 3.66. The van der Waals surface area contributed by atoms with Gasteiger partial charge in [-0.2, -0.15) is 0 Å². The number of fused-ring (bicyclic) bond motifs is 1. The second-order valence-corrected chi connectivity index (χ2v) is 11.4. The maximum Gasteiger partial charge on any atom is 0.246 e. The average Bonchev–Trinajstić information content (AvgIpc) is 2.49. The van der Waals surface area contributed by atoms with Crippen molar-refractivity contribution in [3.63, 3.8) is 0 Å². The Labute approximate surface area is 138 Å². The molecule has 0 bridgehead atoms. The van der Waals surface area contributed by atoms with E-state index < -0.39 is 8.07 Å². The van der Waals surface area contributed by atoms with E-state index in [2.05, 4.69) is 54.1 Å². The van der Waals surface area contributed by atoms with Crippen molar-refractivity contribution in [2.75, 3.05) is 0 Å². The number of pyridine rings is 1. The third kappa shape index (κ3) is 4.80. The van der Waals surface area contributed by atoms with Crippen LogP contribution < -0.4 is 5.32 Å². The van der Waals surface area contributed by atoms with E-state index in [0.29, 0.717) is 12.1 Å². The molecule has 1 aromatic heterocycles. The van der Waals surface area contributed by atoms with Crippen LogP contribution in [0.25, 0.3) is 10.9 Å². The molecule has 1 N–H and O–H groups in total. The van der Waals surface area contributed by atoms with Crippen LogP contribution >= 0.6 is 0 Å². The van der Waals surface area contributed by atoms with Gasteiger partial charge in [0.05, 0.1) is 5.52 Å². The zero-order valence-corrected chi connectivity index (χ0v) is 15.2. The Balaban J connectivity index is 2.43. The third-order valence-corrected chi connectivity index (χ3v) is 4.06. The van der Waals surface area contributed by atoms with Crippen LogP contribution in [0.5, 0.6) is 0 Å². The number of hydrogen-bond donors (Lipinski definition) is 1. The quantitative estimate of drug-likeness (QED) is 0.532. The minimum absolute atomic E-state index is 0.151. The Hall–Kier alpha value is -2.38. The largest absolute Gasteiger partial charge is 0.348 e. The first kappa shape index (κ1) is 17.0. The highest BCUT2D eigenvalue weighted by Crippen LogP contribution is 2.16. The highest BCUT2D eigenvalue weighted by molar-refractivity contribution is 6.83. The molecule has 0 radical (unpaired) electrons. The lowest BCUT2D eigenvalue weighted by molar-refractivity contribution is -0.117. The molecule has 0 aliphatic rings. The van der Waals surface area contributed by atoms with Crippen molar-refractivity contribution in [2.45, 2.75) is 33.1 Å². The first-order valence-corrected chi connectivity index (χ1v) is 11.1. The Bertz CT molecular complexity index is 823. The van der Waals surface area contributed by atoms with Gasteiger partial charge in [0, 0.05) is 23.1 Å². The van der Waals surface area contributed by atoms with Gasteiger partial charge in [-0.1, -0.05) is 50.3 Å². The predicted molar refractivity (Wildman–Crippen MR) is 98.6 cm³/mol. The molecule has 0 saturated heterocycles. The lowest BCUT2D eigenvalue weighted by Gasteiger charge is -2.09. The summed E-state index contributed by atoms with van der Waals surface area (Å²) in [6, 6.07) is 9.99. The Morgan fingerprint density at radius 2 is 2.00 bits per heavy atom. The number of para-hydroxylation sites is 1. The molecule has 0 unspecified atom stereocenters. The number of hydrogen-bond acceptors (Lipinski definition) is 2. The van der Waals surface area contributed by atoms with Crippen molar-refractivity contribution in [1.82, 2.24) is 10.3 Å². The van der Waals surface area contributed by atoms with Crippen molar-refractivity contribution < 1.29 is 4.79 Å². The molecule has 0 fully saturated rings. The zero-order valence-electron chi connectivity index (χ0n) is 14.2. The number of rotatable bonds is 3. The van der Waals surface area contributed by atoms with E-state index in [1.165, 1.54) is 0 Å². The smallest absolute Gasteiger partial charge is 0.246 e. The first-order valence-electron chi connectivity index (χ1n) is 7.62. The SMILES string of the molecule is C=C(C)C(=O)NCc1cc2ccccc2nc1C#C[Si](C)(C)C. The highest BCUT2D eigenvalue weighted by Gasteiger charge is 2.10. The van der Waals surface area contributed by atoms with Gasteiger partial charge in [0.15, 0.2) is 0 Å². The van der Waals surface area contributed by atoms with Gasteiger partial charge in [0.1, 0.15) is 13.8 Å². The van der Waals surface area contributed by atoms with Crippen LogP contribution in [0.4, 0.5) is 0 Å². The second-order valence-electron chi connectivity index (χ2n) is 6.65. The van der Waals surface area contributed by atoms with Crippen molar-refractivity contribution in [3.05, 3.63) is 53.7 Å². The fourth-order valence-electron chi connectivity index (χ4n) is 1.98. The fourth-order valence-corrected chi connectivity index (χ4v) is 2.47. The van der Waals surface area contributed by atoms with Gasteiger partial charge >= 0.3 is 0 Å². The van der Waals surface area contributed by atoms with Crippen molar-refractivity contribution in [3.8, 4) is 11.5 Å². The van der Waals surface area contributed by atoms with Crippen molar-refractivity contribution in [2.24, 2.45) is 0 Å². The third-order valence-electron chi connectivity index (χ3n) is 3.19. The molecule has 3 nitrogen and oxygen atoms in total. The molecule has 0 atom stereocenters. The normalized spacial score (nSPS) is 10.8. The molecule has 0 aliphatic carbocycles. The van der Waals surface area contributed by atoms with Crippen molar-refractivity contribution >= 4 is 24.9 Å². The highest BCUT2D eigenvalue weighted by atomic mass is 28.3. The van der Waals surface area contributed by atoms with E-state index in [-0.39, 0.29) is 5.91 Å². The summed E-state index contributed by atoms with van der Waals surface area (Å²) >= 11 is 0. The number of aromatic nitrogens is 1. The summed E-state index contributed by atoms with van der Waals surface area (Å²) in [5.74, 6) is 3.07. The Morgan fingerprint density at radius 1 is 1.30 bits per heavy atom. The van der Waals surface area contributed by atoms with Crippen molar-refractivity contribution in [1.29, 1.82) is 0 Å². The van der Waals surface area contributed by atoms with Crippen LogP contribution in [0.1, 0.15) is 18.2 Å². The molecule has 1 aromatic carbocycles. The molecule has 2 aromatic rings. The molecule has 0 saturated carbocycles. The summed E-state index contributed by atoms with van der Waals surface area (Å²) in [7, 11) is -1.50. The van der Waals surface area contributed by atoms with Gasteiger partial charge in [0.2, 0.25) is 5.91 Å². The van der Waals surface area contributed by atoms with E-state index >= 15 is 0 Å². The van der Waals surface area contributed by atoms with Gasteiger partial charge in [-0.25, -0.2) is 4.98 Å².